The highest BCUT2D eigenvalue weighted by Crippen LogP contribution is 2.60. The van der Waals surface area contributed by atoms with Crippen molar-refractivity contribution in [3.63, 3.8) is 0 Å². The van der Waals surface area contributed by atoms with Crippen LogP contribution in [0.25, 0.3) is 0 Å². The van der Waals surface area contributed by atoms with Crippen molar-refractivity contribution in [3.8, 4) is 0 Å². The topological polar surface area (TPSA) is 55.4 Å². The largest absolute Gasteiger partial charge is 0.455 e. The van der Waals surface area contributed by atoms with Crippen molar-refractivity contribution < 1.29 is 23.1 Å². The Hall–Kier alpha value is -1.98. The molecule has 0 saturated heterocycles. The number of carbonyl (C=O) groups is 2. The Bertz CT molecular complexity index is 683. The highest BCUT2D eigenvalue weighted by atomic mass is 19.1. The Labute approximate surface area is 144 Å². The van der Waals surface area contributed by atoms with Gasteiger partial charge in [0.1, 0.15) is 11.6 Å². The number of amides is 1. The zero-order valence-electron chi connectivity index (χ0n) is 13.9. The minimum Gasteiger partial charge on any atom is -0.455 e. The molecule has 0 aromatic heterocycles. The van der Waals surface area contributed by atoms with Gasteiger partial charge < -0.3 is 10.1 Å². The molecule has 4 aliphatic rings. The second-order valence-corrected chi connectivity index (χ2v) is 7.95. The molecule has 1 amide bonds. The van der Waals surface area contributed by atoms with Crippen molar-refractivity contribution in [2.45, 2.75) is 38.5 Å². The summed E-state index contributed by atoms with van der Waals surface area (Å²) in [4.78, 5) is 24.6. The number of anilines is 1. The Kier molecular flexibility index (Phi) is 4.01. The van der Waals surface area contributed by atoms with Crippen molar-refractivity contribution in [1.29, 1.82) is 0 Å². The molecule has 4 fully saturated rings. The Morgan fingerprint density at radius 2 is 1.68 bits per heavy atom. The summed E-state index contributed by atoms with van der Waals surface area (Å²) in [6.45, 7) is -0.476. The molecule has 4 bridgehead atoms. The van der Waals surface area contributed by atoms with E-state index in [1.165, 1.54) is 19.3 Å². The summed E-state index contributed by atoms with van der Waals surface area (Å²) in [5.74, 6) is -0.537. The number of benzene rings is 1. The van der Waals surface area contributed by atoms with Gasteiger partial charge in [0.05, 0.1) is 11.1 Å². The highest BCUT2D eigenvalue weighted by Gasteiger charge is 2.55. The summed E-state index contributed by atoms with van der Waals surface area (Å²) >= 11 is 0. The first-order valence-electron chi connectivity index (χ1n) is 8.86. The van der Waals surface area contributed by atoms with Crippen LogP contribution < -0.4 is 5.32 Å². The lowest BCUT2D eigenvalue weighted by atomic mass is 9.49. The van der Waals surface area contributed by atoms with E-state index in [0.717, 1.165) is 37.5 Å². The van der Waals surface area contributed by atoms with Crippen LogP contribution in [0.1, 0.15) is 38.5 Å². The van der Waals surface area contributed by atoms with E-state index < -0.39 is 29.6 Å². The van der Waals surface area contributed by atoms with Crippen LogP contribution >= 0.6 is 0 Å². The molecule has 4 aliphatic carbocycles. The molecule has 0 radical (unpaired) electrons. The number of rotatable bonds is 4. The Morgan fingerprint density at radius 1 is 1.08 bits per heavy atom. The van der Waals surface area contributed by atoms with Gasteiger partial charge in [-0.15, -0.1) is 0 Å². The zero-order chi connectivity index (χ0) is 17.6. The smallest absolute Gasteiger partial charge is 0.312 e. The van der Waals surface area contributed by atoms with Crippen LogP contribution in [-0.4, -0.2) is 18.5 Å². The fourth-order valence-electron chi connectivity index (χ4n) is 5.42. The number of ether oxygens (including phenoxy) is 1. The van der Waals surface area contributed by atoms with E-state index in [4.69, 9.17) is 4.74 Å². The van der Waals surface area contributed by atoms with Crippen LogP contribution in [0, 0.1) is 34.8 Å². The summed E-state index contributed by atoms with van der Waals surface area (Å²) in [7, 11) is 0. The predicted octanol–water partition coefficient (Wildman–Crippen LogP) is 3.66. The van der Waals surface area contributed by atoms with Crippen molar-refractivity contribution in [2.24, 2.45) is 23.2 Å². The average molecular weight is 349 g/mol. The van der Waals surface area contributed by atoms with Crippen molar-refractivity contribution in [1.82, 2.24) is 0 Å². The number of carbonyl (C=O) groups excluding carboxylic acids is 2. The van der Waals surface area contributed by atoms with Gasteiger partial charge in [-0.3, -0.25) is 9.59 Å². The summed E-state index contributed by atoms with van der Waals surface area (Å²) in [6, 6.07) is 2.80. The standard InChI is InChI=1S/C19H21F2NO3/c20-14-1-2-15(21)16(6-14)22-17(23)10-25-18(24)19-7-11-3-12(8-19)5-13(4-11)9-19/h1-2,6,11-13H,3-5,7-10H2,(H,22,23). The number of halogens is 2. The molecule has 6 heteroatoms. The van der Waals surface area contributed by atoms with Crippen molar-refractivity contribution >= 4 is 17.6 Å². The van der Waals surface area contributed by atoms with Crippen LogP contribution in [-0.2, 0) is 14.3 Å². The second-order valence-electron chi connectivity index (χ2n) is 7.95. The molecule has 1 aromatic rings. The van der Waals surface area contributed by atoms with Gasteiger partial charge in [0.25, 0.3) is 5.91 Å². The number of hydrogen-bond acceptors (Lipinski definition) is 3. The van der Waals surface area contributed by atoms with Gasteiger partial charge in [-0.25, -0.2) is 8.78 Å². The molecule has 4 saturated carbocycles. The number of nitrogens with one attached hydrogen (secondary N) is 1. The van der Waals surface area contributed by atoms with Gasteiger partial charge in [-0.1, -0.05) is 0 Å². The molecule has 1 aromatic carbocycles. The third-order valence-corrected chi connectivity index (χ3v) is 6.01. The van der Waals surface area contributed by atoms with Gasteiger partial charge in [-0.2, -0.15) is 0 Å². The van der Waals surface area contributed by atoms with Crippen LogP contribution in [0.2, 0.25) is 0 Å². The van der Waals surface area contributed by atoms with Crippen LogP contribution in [0.3, 0.4) is 0 Å². The summed E-state index contributed by atoms with van der Waals surface area (Å²) in [6.07, 6.45) is 6.22. The first-order chi connectivity index (χ1) is 11.9. The van der Waals surface area contributed by atoms with Crippen LogP contribution in [0.5, 0.6) is 0 Å². The molecule has 0 aliphatic heterocycles. The van der Waals surface area contributed by atoms with E-state index in [1.807, 2.05) is 0 Å². The Morgan fingerprint density at radius 3 is 2.28 bits per heavy atom. The fourth-order valence-corrected chi connectivity index (χ4v) is 5.42. The quantitative estimate of drug-likeness (QED) is 0.844. The molecule has 5 rings (SSSR count). The van der Waals surface area contributed by atoms with Gasteiger partial charge in [0.15, 0.2) is 6.61 Å². The molecule has 134 valence electrons. The second kappa shape index (κ2) is 6.07. The minimum absolute atomic E-state index is 0.254. The summed E-state index contributed by atoms with van der Waals surface area (Å²) in [5, 5.41) is 2.25. The van der Waals surface area contributed by atoms with E-state index in [1.54, 1.807) is 0 Å². The molecule has 25 heavy (non-hydrogen) atoms. The highest BCUT2D eigenvalue weighted by molar-refractivity contribution is 5.93. The number of esters is 1. The molecular weight excluding hydrogens is 328 g/mol. The third-order valence-electron chi connectivity index (χ3n) is 6.01. The summed E-state index contributed by atoms with van der Waals surface area (Å²) in [5.41, 5.74) is -0.685. The van der Waals surface area contributed by atoms with Crippen LogP contribution in [0.15, 0.2) is 18.2 Å². The van der Waals surface area contributed by atoms with E-state index in [9.17, 15) is 18.4 Å². The van der Waals surface area contributed by atoms with Crippen molar-refractivity contribution in [3.05, 3.63) is 29.8 Å². The zero-order valence-corrected chi connectivity index (χ0v) is 13.9. The van der Waals surface area contributed by atoms with Gasteiger partial charge in [0, 0.05) is 6.07 Å². The maximum atomic E-state index is 13.5. The summed E-state index contributed by atoms with van der Waals surface area (Å²) < 4.78 is 31.9. The lowest BCUT2D eigenvalue weighted by molar-refractivity contribution is -0.172. The van der Waals surface area contributed by atoms with E-state index >= 15 is 0 Å². The van der Waals surface area contributed by atoms with Gasteiger partial charge in [0.2, 0.25) is 0 Å². The lowest BCUT2D eigenvalue weighted by Crippen LogP contribution is -2.50. The van der Waals surface area contributed by atoms with E-state index in [2.05, 4.69) is 5.32 Å². The molecule has 0 unspecified atom stereocenters. The van der Waals surface area contributed by atoms with Gasteiger partial charge in [-0.05, 0) is 68.4 Å². The average Bonchev–Trinajstić information content (AvgIpc) is 2.55. The van der Waals surface area contributed by atoms with Crippen LogP contribution in [0.4, 0.5) is 14.5 Å². The van der Waals surface area contributed by atoms with E-state index in [0.29, 0.717) is 17.8 Å². The molecule has 1 N–H and O–H groups in total. The predicted molar refractivity (Wildman–Crippen MR) is 86.6 cm³/mol. The fraction of sp³-hybridized carbons (Fsp3) is 0.579. The molecule has 0 atom stereocenters. The maximum absolute atomic E-state index is 13.5. The molecule has 0 heterocycles. The SMILES string of the molecule is O=C(COC(=O)C12CC3CC(CC(C3)C1)C2)Nc1cc(F)ccc1F. The maximum Gasteiger partial charge on any atom is 0.312 e. The normalized spacial score (nSPS) is 32.5. The molecule has 0 spiro atoms. The van der Waals surface area contributed by atoms with Crippen molar-refractivity contribution in [2.75, 3.05) is 11.9 Å². The first kappa shape index (κ1) is 16.5. The minimum atomic E-state index is -0.734. The third kappa shape index (κ3) is 3.14. The Balaban J connectivity index is 1.36. The first-order valence-corrected chi connectivity index (χ1v) is 8.86. The molecular formula is C19H21F2NO3. The molecule has 4 nitrogen and oxygen atoms in total. The van der Waals surface area contributed by atoms with E-state index in [-0.39, 0.29) is 11.7 Å². The van der Waals surface area contributed by atoms with Gasteiger partial charge >= 0.3 is 5.97 Å². The monoisotopic (exact) mass is 349 g/mol. The lowest BCUT2D eigenvalue weighted by Gasteiger charge is -2.55. The number of hydrogen-bond donors (Lipinski definition) is 1.